The molecule has 0 saturated carbocycles. The molecule has 2 heterocycles. The van der Waals surface area contributed by atoms with Crippen LogP contribution in [0, 0.1) is 0 Å². The van der Waals surface area contributed by atoms with Crippen molar-refractivity contribution < 1.29 is 5.11 Å². The number of phenolic OH excluding ortho intramolecular Hbond substituents is 1. The van der Waals surface area contributed by atoms with Crippen molar-refractivity contribution in [1.29, 1.82) is 0 Å². The first kappa shape index (κ1) is 9.90. The average molecular weight is 224 g/mol. The van der Waals surface area contributed by atoms with Crippen LogP contribution in [0.3, 0.4) is 0 Å². The van der Waals surface area contributed by atoms with Crippen molar-refractivity contribution in [2.24, 2.45) is 0 Å². The molecule has 0 spiro atoms. The molecule has 3 heteroatoms. The van der Waals surface area contributed by atoms with Gasteiger partial charge in [-0.1, -0.05) is 24.3 Å². The number of pyridine rings is 1. The number of aromatic nitrogens is 2. The van der Waals surface area contributed by atoms with Crippen LogP contribution >= 0.6 is 0 Å². The van der Waals surface area contributed by atoms with Gasteiger partial charge in [0, 0.05) is 18.8 Å². The summed E-state index contributed by atoms with van der Waals surface area (Å²) in [5, 5.41) is 9.71. The fourth-order valence-corrected chi connectivity index (χ4v) is 1.93. The minimum absolute atomic E-state index is 0.324. The predicted molar refractivity (Wildman–Crippen MR) is 66.1 cm³/mol. The Hall–Kier alpha value is -2.29. The van der Waals surface area contributed by atoms with E-state index in [0.29, 0.717) is 12.2 Å². The van der Waals surface area contributed by atoms with Gasteiger partial charge >= 0.3 is 0 Å². The SMILES string of the molecule is Oc1ccccc1Cc1cn2ccccc2n1. The Labute approximate surface area is 99.0 Å². The van der Waals surface area contributed by atoms with Gasteiger partial charge in [0.15, 0.2) is 0 Å². The Morgan fingerprint density at radius 1 is 1.06 bits per heavy atom. The summed E-state index contributed by atoms with van der Waals surface area (Å²) in [6.07, 6.45) is 4.60. The third-order valence-corrected chi connectivity index (χ3v) is 2.78. The number of hydrogen-bond acceptors (Lipinski definition) is 2. The van der Waals surface area contributed by atoms with Gasteiger partial charge in [-0.2, -0.15) is 0 Å². The lowest BCUT2D eigenvalue weighted by Gasteiger charge is -2.00. The molecule has 0 fully saturated rings. The molecule has 0 aliphatic rings. The van der Waals surface area contributed by atoms with E-state index in [9.17, 15) is 5.11 Å². The first-order valence-electron chi connectivity index (χ1n) is 5.52. The van der Waals surface area contributed by atoms with Crippen molar-refractivity contribution in [2.75, 3.05) is 0 Å². The summed E-state index contributed by atoms with van der Waals surface area (Å²) in [6.45, 7) is 0. The van der Waals surface area contributed by atoms with Gasteiger partial charge in [-0.3, -0.25) is 0 Å². The molecule has 0 bridgehead atoms. The highest BCUT2D eigenvalue weighted by molar-refractivity contribution is 5.42. The van der Waals surface area contributed by atoms with Crippen LogP contribution in [0.5, 0.6) is 5.75 Å². The minimum atomic E-state index is 0.324. The summed E-state index contributed by atoms with van der Waals surface area (Å²) in [6, 6.07) is 13.3. The van der Waals surface area contributed by atoms with Crippen LogP contribution in [-0.4, -0.2) is 14.5 Å². The zero-order chi connectivity index (χ0) is 11.7. The normalized spacial score (nSPS) is 10.8. The zero-order valence-corrected chi connectivity index (χ0v) is 9.24. The molecule has 0 unspecified atom stereocenters. The van der Waals surface area contributed by atoms with E-state index in [1.165, 1.54) is 0 Å². The lowest BCUT2D eigenvalue weighted by atomic mass is 10.1. The number of phenols is 1. The summed E-state index contributed by atoms with van der Waals surface area (Å²) >= 11 is 0. The Bertz CT molecular complexity index is 625. The maximum Gasteiger partial charge on any atom is 0.136 e. The van der Waals surface area contributed by atoms with Gasteiger partial charge < -0.3 is 9.51 Å². The van der Waals surface area contributed by atoms with Gasteiger partial charge in [0.2, 0.25) is 0 Å². The molecule has 2 aromatic heterocycles. The van der Waals surface area contributed by atoms with Crippen LogP contribution in [0.4, 0.5) is 0 Å². The second-order valence-electron chi connectivity index (χ2n) is 4.00. The van der Waals surface area contributed by atoms with E-state index in [1.54, 1.807) is 6.07 Å². The molecule has 1 aromatic carbocycles. The van der Waals surface area contributed by atoms with Gasteiger partial charge in [0.25, 0.3) is 0 Å². The van der Waals surface area contributed by atoms with Crippen molar-refractivity contribution in [2.45, 2.75) is 6.42 Å². The summed E-state index contributed by atoms with van der Waals surface area (Å²) in [7, 11) is 0. The molecule has 0 radical (unpaired) electrons. The Morgan fingerprint density at radius 3 is 2.71 bits per heavy atom. The maximum absolute atomic E-state index is 9.71. The molecule has 3 nitrogen and oxygen atoms in total. The molecule has 0 aliphatic carbocycles. The highest BCUT2D eigenvalue weighted by atomic mass is 16.3. The molecule has 1 N–H and O–H groups in total. The second-order valence-corrected chi connectivity index (χ2v) is 4.00. The van der Waals surface area contributed by atoms with Crippen molar-refractivity contribution in [1.82, 2.24) is 9.38 Å². The number of hydrogen-bond donors (Lipinski definition) is 1. The number of fused-ring (bicyclic) bond motifs is 1. The minimum Gasteiger partial charge on any atom is -0.508 e. The van der Waals surface area contributed by atoms with E-state index in [1.807, 2.05) is 53.2 Å². The Morgan fingerprint density at radius 2 is 1.88 bits per heavy atom. The maximum atomic E-state index is 9.71. The van der Waals surface area contributed by atoms with E-state index in [4.69, 9.17) is 0 Å². The summed E-state index contributed by atoms with van der Waals surface area (Å²) in [5.74, 6) is 0.324. The number of para-hydroxylation sites is 1. The molecule has 3 aromatic rings. The number of aromatic hydroxyl groups is 1. The topological polar surface area (TPSA) is 37.5 Å². The van der Waals surface area contributed by atoms with Crippen molar-refractivity contribution in [3.8, 4) is 5.75 Å². The Balaban J connectivity index is 1.98. The van der Waals surface area contributed by atoms with Gasteiger partial charge in [0.1, 0.15) is 11.4 Å². The first-order chi connectivity index (χ1) is 8.33. The number of benzene rings is 1. The van der Waals surface area contributed by atoms with Crippen molar-refractivity contribution in [3.63, 3.8) is 0 Å². The monoisotopic (exact) mass is 224 g/mol. The van der Waals surface area contributed by atoms with Crippen LogP contribution in [-0.2, 0) is 6.42 Å². The van der Waals surface area contributed by atoms with E-state index in [0.717, 1.165) is 16.9 Å². The number of nitrogens with zero attached hydrogens (tertiary/aromatic N) is 2. The molecule has 17 heavy (non-hydrogen) atoms. The molecule has 0 saturated heterocycles. The van der Waals surface area contributed by atoms with E-state index < -0.39 is 0 Å². The molecule has 0 atom stereocenters. The summed E-state index contributed by atoms with van der Waals surface area (Å²) < 4.78 is 1.98. The predicted octanol–water partition coefficient (Wildman–Crippen LogP) is 2.63. The summed E-state index contributed by atoms with van der Waals surface area (Å²) in [4.78, 5) is 4.50. The second kappa shape index (κ2) is 3.94. The van der Waals surface area contributed by atoms with Gasteiger partial charge in [-0.25, -0.2) is 4.98 Å². The highest BCUT2D eigenvalue weighted by Gasteiger charge is 2.05. The van der Waals surface area contributed by atoms with E-state index in [-0.39, 0.29) is 0 Å². The Kier molecular flexibility index (Phi) is 2.29. The van der Waals surface area contributed by atoms with Crippen LogP contribution < -0.4 is 0 Å². The van der Waals surface area contributed by atoms with Crippen LogP contribution in [0.2, 0.25) is 0 Å². The summed E-state index contributed by atoms with van der Waals surface area (Å²) in [5.41, 5.74) is 2.78. The van der Waals surface area contributed by atoms with E-state index >= 15 is 0 Å². The number of rotatable bonds is 2. The smallest absolute Gasteiger partial charge is 0.136 e. The average Bonchev–Trinajstić information content (AvgIpc) is 2.74. The lowest BCUT2D eigenvalue weighted by Crippen LogP contribution is -1.88. The molecule has 84 valence electrons. The zero-order valence-electron chi connectivity index (χ0n) is 9.24. The van der Waals surface area contributed by atoms with E-state index in [2.05, 4.69) is 4.98 Å². The third-order valence-electron chi connectivity index (χ3n) is 2.78. The quantitative estimate of drug-likeness (QED) is 0.726. The molecular formula is C14H12N2O. The molecule has 0 amide bonds. The fraction of sp³-hybridized carbons (Fsp3) is 0.0714. The molecule has 0 aliphatic heterocycles. The first-order valence-corrected chi connectivity index (χ1v) is 5.52. The van der Waals surface area contributed by atoms with Gasteiger partial charge in [0.05, 0.1) is 5.69 Å². The van der Waals surface area contributed by atoms with Crippen LogP contribution in [0.25, 0.3) is 5.65 Å². The largest absolute Gasteiger partial charge is 0.508 e. The number of imidazole rings is 1. The van der Waals surface area contributed by atoms with Gasteiger partial charge in [-0.05, 0) is 23.8 Å². The standard InChI is InChI=1S/C14H12N2O/c17-13-6-2-1-5-11(13)9-12-10-16-8-4-3-7-14(16)15-12/h1-8,10,17H,9H2. The molecule has 3 rings (SSSR count). The lowest BCUT2D eigenvalue weighted by molar-refractivity contribution is 0.469. The van der Waals surface area contributed by atoms with Gasteiger partial charge in [-0.15, -0.1) is 0 Å². The fourth-order valence-electron chi connectivity index (χ4n) is 1.93. The van der Waals surface area contributed by atoms with Crippen molar-refractivity contribution >= 4 is 5.65 Å². The molecular weight excluding hydrogens is 212 g/mol. The van der Waals surface area contributed by atoms with Crippen LogP contribution in [0.1, 0.15) is 11.3 Å². The van der Waals surface area contributed by atoms with Crippen LogP contribution in [0.15, 0.2) is 54.9 Å². The third kappa shape index (κ3) is 1.87. The van der Waals surface area contributed by atoms with Crippen molar-refractivity contribution in [3.05, 3.63) is 66.1 Å². The highest BCUT2D eigenvalue weighted by Crippen LogP contribution is 2.19.